The number of benzene rings is 4. The molecule has 3 amide bonds. The summed E-state index contributed by atoms with van der Waals surface area (Å²) in [6, 6.07) is 32.9. The first-order chi connectivity index (χ1) is 20.0. The molecule has 0 unspecified atom stereocenters. The molecule has 2 atom stereocenters. The van der Waals surface area contributed by atoms with E-state index in [1.165, 1.54) is 7.11 Å². The fourth-order valence-corrected chi connectivity index (χ4v) is 5.12. The van der Waals surface area contributed by atoms with Crippen LogP contribution in [0, 0.1) is 0 Å². The number of amides is 3. The zero-order valence-electron chi connectivity index (χ0n) is 22.6. The minimum absolute atomic E-state index is 0.0987. The molecule has 4 aromatic rings. The molecule has 208 valence electrons. The summed E-state index contributed by atoms with van der Waals surface area (Å²) >= 11 is 0. The first-order valence-electron chi connectivity index (χ1n) is 13.4. The summed E-state index contributed by atoms with van der Waals surface area (Å²) < 4.78 is 10.6. The normalized spacial score (nSPS) is 13.2. The Balaban J connectivity index is 1.26. The summed E-state index contributed by atoms with van der Waals surface area (Å²) in [6.45, 7) is 0.134. The third-order valence-corrected chi connectivity index (χ3v) is 7.09. The maximum atomic E-state index is 13.0. The molecular formula is C33H31N3O5. The number of hydrogen-bond acceptors (Lipinski definition) is 5. The van der Waals surface area contributed by atoms with E-state index in [-0.39, 0.29) is 18.9 Å². The van der Waals surface area contributed by atoms with Crippen LogP contribution >= 0.6 is 0 Å². The van der Waals surface area contributed by atoms with Crippen LogP contribution < -0.4 is 16.0 Å². The van der Waals surface area contributed by atoms with E-state index < -0.39 is 30.3 Å². The highest BCUT2D eigenvalue weighted by Gasteiger charge is 2.30. The zero-order chi connectivity index (χ0) is 28.6. The van der Waals surface area contributed by atoms with E-state index in [1.54, 1.807) is 24.3 Å². The molecule has 0 aromatic heterocycles. The van der Waals surface area contributed by atoms with Crippen LogP contribution in [0.2, 0.25) is 0 Å². The van der Waals surface area contributed by atoms with Crippen LogP contribution in [0.1, 0.15) is 34.3 Å². The number of carbonyl (C=O) groups is 3. The van der Waals surface area contributed by atoms with E-state index in [0.717, 1.165) is 27.8 Å². The van der Waals surface area contributed by atoms with Crippen LogP contribution in [0.15, 0.2) is 109 Å². The van der Waals surface area contributed by atoms with Gasteiger partial charge in [-0.05, 0) is 33.4 Å². The summed E-state index contributed by atoms with van der Waals surface area (Å²) in [5, 5.41) is 8.17. The van der Waals surface area contributed by atoms with Crippen molar-refractivity contribution in [2.45, 2.75) is 24.5 Å². The van der Waals surface area contributed by atoms with Crippen molar-refractivity contribution in [2.75, 3.05) is 13.7 Å². The Morgan fingerprint density at radius 3 is 1.88 bits per heavy atom. The predicted octanol–water partition coefficient (Wildman–Crippen LogP) is 5.31. The largest absolute Gasteiger partial charge is 0.467 e. The third kappa shape index (κ3) is 6.55. The quantitative estimate of drug-likeness (QED) is 0.194. The van der Waals surface area contributed by atoms with Gasteiger partial charge in [0.05, 0.1) is 7.11 Å². The lowest BCUT2D eigenvalue weighted by molar-refractivity contribution is -0.142. The molecule has 4 aromatic carbocycles. The average Bonchev–Trinajstić information content (AvgIpc) is 3.33. The minimum atomic E-state index is -0.923. The molecule has 1 aliphatic rings. The summed E-state index contributed by atoms with van der Waals surface area (Å²) in [5.74, 6) is -0.678. The van der Waals surface area contributed by atoms with Crippen LogP contribution in [0.5, 0.6) is 0 Å². The molecular weight excluding hydrogens is 518 g/mol. The number of urea groups is 1. The predicted molar refractivity (Wildman–Crippen MR) is 155 cm³/mol. The van der Waals surface area contributed by atoms with Crippen molar-refractivity contribution < 1.29 is 23.9 Å². The summed E-state index contributed by atoms with van der Waals surface area (Å²) in [6.07, 6.45) is -1.35. The molecule has 0 saturated carbocycles. The zero-order valence-corrected chi connectivity index (χ0v) is 22.6. The molecule has 1 aliphatic carbocycles. The van der Waals surface area contributed by atoms with Crippen LogP contribution in [-0.2, 0) is 20.7 Å². The maximum absolute atomic E-state index is 13.0. The van der Waals surface area contributed by atoms with Gasteiger partial charge in [0, 0.05) is 12.3 Å². The Morgan fingerprint density at radius 2 is 1.27 bits per heavy atom. The van der Waals surface area contributed by atoms with Gasteiger partial charge in [-0.3, -0.25) is 5.32 Å². The lowest BCUT2D eigenvalue weighted by Gasteiger charge is -2.23. The van der Waals surface area contributed by atoms with Crippen molar-refractivity contribution >= 4 is 18.1 Å². The highest BCUT2D eigenvalue weighted by Crippen LogP contribution is 2.44. The minimum Gasteiger partial charge on any atom is -0.467 e. The molecule has 8 heteroatoms. The molecule has 3 N–H and O–H groups in total. The van der Waals surface area contributed by atoms with E-state index in [4.69, 9.17) is 9.47 Å². The molecule has 0 heterocycles. The van der Waals surface area contributed by atoms with Gasteiger partial charge in [0.1, 0.15) is 18.8 Å². The molecule has 5 rings (SSSR count). The molecule has 0 saturated heterocycles. The fraction of sp³-hybridized carbons (Fsp3) is 0.182. The summed E-state index contributed by atoms with van der Waals surface area (Å²) in [7, 11) is 1.27. The van der Waals surface area contributed by atoms with Crippen molar-refractivity contribution in [1.29, 1.82) is 0 Å². The Morgan fingerprint density at radius 1 is 0.707 bits per heavy atom. The van der Waals surface area contributed by atoms with E-state index >= 15 is 0 Å². The van der Waals surface area contributed by atoms with Gasteiger partial charge in [0.25, 0.3) is 0 Å². The topological polar surface area (TPSA) is 106 Å². The van der Waals surface area contributed by atoms with E-state index in [0.29, 0.717) is 5.56 Å². The number of ether oxygens (including phenoxy) is 2. The second-order valence-corrected chi connectivity index (χ2v) is 9.70. The summed E-state index contributed by atoms with van der Waals surface area (Å²) in [4.78, 5) is 38.5. The molecule has 8 nitrogen and oxygen atoms in total. The van der Waals surface area contributed by atoms with Crippen LogP contribution in [0.25, 0.3) is 11.1 Å². The lowest BCUT2D eigenvalue weighted by Crippen LogP contribution is -2.51. The Bertz CT molecular complexity index is 1460. The van der Waals surface area contributed by atoms with Crippen molar-refractivity contribution in [2.24, 2.45) is 0 Å². The van der Waals surface area contributed by atoms with Gasteiger partial charge in [-0.25, -0.2) is 14.4 Å². The second-order valence-electron chi connectivity index (χ2n) is 9.70. The summed E-state index contributed by atoms with van der Waals surface area (Å²) in [5.41, 5.74) is 5.96. The highest BCUT2D eigenvalue weighted by atomic mass is 16.5. The number of esters is 1. The van der Waals surface area contributed by atoms with Gasteiger partial charge in [0.2, 0.25) is 0 Å². The van der Waals surface area contributed by atoms with E-state index in [1.807, 2.05) is 72.8 Å². The fourth-order valence-electron chi connectivity index (χ4n) is 5.12. The standard InChI is InChI=1S/C33H31N3O5/c1-40-31(37)29(20-22-12-4-2-5-13-22)34-32(38)35-30(23-14-6-3-7-15-23)36-33(39)41-21-28-26-18-10-8-16-24(26)25-17-9-11-19-27(25)28/h2-19,28-30H,20-21H2,1H3,(H,36,39)(H2,34,35,38)/t29-,30+/m0/s1. The van der Waals surface area contributed by atoms with Crippen molar-refractivity contribution in [3.8, 4) is 11.1 Å². The molecule has 0 fully saturated rings. The number of hydrogen-bond donors (Lipinski definition) is 3. The number of methoxy groups -OCH3 is 1. The molecule has 0 spiro atoms. The molecule has 0 aliphatic heterocycles. The average molecular weight is 550 g/mol. The third-order valence-electron chi connectivity index (χ3n) is 7.09. The first-order valence-corrected chi connectivity index (χ1v) is 13.4. The van der Waals surface area contributed by atoms with E-state index in [9.17, 15) is 14.4 Å². The van der Waals surface area contributed by atoms with Gasteiger partial charge in [-0.15, -0.1) is 0 Å². The highest BCUT2D eigenvalue weighted by molar-refractivity contribution is 5.84. The molecule has 0 radical (unpaired) electrons. The van der Waals surface area contributed by atoms with Gasteiger partial charge in [0.15, 0.2) is 0 Å². The maximum Gasteiger partial charge on any atom is 0.409 e. The lowest BCUT2D eigenvalue weighted by atomic mass is 9.98. The smallest absolute Gasteiger partial charge is 0.409 e. The number of alkyl carbamates (subject to hydrolysis) is 1. The van der Waals surface area contributed by atoms with Crippen molar-refractivity contribution in [3.63, 3.8) is 0 Å². The van der Waals surface area contributed by atoms with Crippen LogP contribution in [-0.4, -0.2) is 37.9 Å². The Kier molecular flexibility index (Phi) is 8.59. The number of rotatable bonds is 9. The van der Waals surface area contributed by atoms with Crippen LogP contribution in [0.4, 0.5) is 9.59 Å². The Hall–Kier alpha value is -5.11. The monoisotopic (exact) mass is 549 g/mol. The number of fused-ring (bicyclic) bond motifs is 3. The van der Waals surface area contributed by atoms with Gasteiger partial charge < -0.3 is 20.1 Å². The number of carbonyl (C=O) groups excluding carboxylic acids is 3. The van der Waals surface area contributed by atoms with Crippen molar-refractivity contribution in [3.05, 3.63) is 131 Å². The SMILES string of the molecule is COC(=O)[C@H](Cc1ccccc1)NC(=O)N[C@H](NC(=O)OCC1c2ccccc2-c2ccccc21)c1ccccc1. The van der Waals surface area contributed by atoms with Crippen molar-refractivity contribution in [1.82, 2.24) is 16.0 Å². The van der Waals surface area contributed by atoms with Gasteiger partial charge in [-0.2, -0.15) is 0 Å². The first kappa shape index (κ1) is 27.5. The van der Waals surface area contributed by atoms with Crippen LogP contribution in [0.3, 0.4) is 0 Å². The molecule has 41 heavy (non-hydrogen) atoms. The van der Waals surface area contributed by atoms with Gasteiger partial charge in [-0.1, -0.05) is 109 Å². The van der Waals surface area contributed by atoms with Gasteiger partial charge >= 0.3 is 18.1 Å². The number of nitrogens with one attached hydrogen (secondary N) is 3. The molecule has 0 bridgehead atoms. The Labute approximate surface area is 238 Å². The van der Waals surface area contributed by atoms with E-state index in [2.05, 4.69) is 28.1 Å². The second kappa shape index (κ2) is 12.8.